The number of hydrogen-bond donors (Lipinski definition) is 1. The lowest BCUT2D eigenvalue weighted by Crippen LogP contribution is -2.34. The molecule has 3 rings (SSSR count). The highest BCUT2D eigenvalue weighted by atomic mass is 16.3. The topological polar surface area (TPSA) is 54.2 Å². The van der Waals surface area contributed by atoms with Crippen LogP contribution in [0.1, 0.15) is 49.4 Å². The molecule has 2 aromatic rings. The first-order valence-electron chi connectivity index (χ1n) is 8.09. The van der Waals surface area contributed by atoms with Gasteiger partial charge in [-0.3, -0.25) is 9.88 Å². The van der Waals surface area contributed by atoms with E-state index < -0.39 is 0 Å². The average molecular weight is 300 g/mol. The van der Waals surface area contributed by atoms with Crippen molar-refractivity contribution >= 4 is 0 Å². The standard InChI is InChI=1S/C17H24N4O/c1-3-20-11-9-18-17(20)15-6-4-5-10-21(15)12-14-16(22)8-7-13(2)19-14/h7-9,11,15,22H,3-6,10,12H2,1-2H3. The summed E-state index contributed by atoms with van der Waals surface area (Å²) in [6, 6.07) is 3.89. The number of likely N-dealkylation sites (tertiary alicyclic amines) is 1. The largest absolute Gasteiger partial charge is 0.506 e. The van der Waals surface area contributed by atoms with E-state index in [0.29, 0.717) is 12.6 Å². The van der Waals surface area contributed by atoms with E-state index in [-0.39, 0.29) is 5.75 Å². The van der Waals surface area contributed by atoms with Crippen LogP contribution in [0, 0.1) is 6.92 Å². The highest BCUT2D eigenvalue weighted by molar-refractivity contribution is 5.27. The Labute approximate surface area is 131 Å². The summed E-state index contributed by atoms with van der Waals surface area (Å²) in [4.78, 5) is 11.5. The molecule has 5 heteroatoms. The van der Waals surface area contributed by atoms with E-state index in [0.717, 1.165) is 36.7 Å². The molecule has 0 saturated carbocycles. The van der Waals surface area contributed by atoms with Crippen molar-refractivity contribution in [1.29, 1.82) is 0 Å². The molecule has 118 valence electrons. The van der Waals surface area contributed by atoms with Gasteiger partial charge in [0, 0.05) is 31.2 Å². The Morgan fingerprint density at radius 1 is 1.32 bits per heavy atom. The third kappa shape index (κ3) is 2.99. The first-order valence-corrected chi connectivity index (χ1v) is 8.09. The first-order chi connectivity index (χ1) is 10.7. The van der Waals surface area contributed by atoms with Gasteiger partial charge in [-0.15, -0.1) is 0 Å². The van der Waals surface area contributed by atoms with Crippen molar-refractivity contribution in [3.63, 3.8) is 0 Å². The van der Waals surface area contributed by atoms with Crippen molar-refractivity contribution in [2.24, 2.45) is 0 Å². The quantitative estimate of drug-likeness (QED) is 0.943. The maximum absolute atomic E-state index is 10.1. The summed E-state index contributed by atoms with van der Waals surface area (Å²) in [6.07, 6.45) is 7.46. The van der Waals surface area contributed by atoms with Gasteiger partial charge in [0.05, 0.1) is 11.7 Å². The van der Waals surface area contributed by atoms with Crippen molar-refractivity contribution < 1.29 is 5.11 Å². The third-order valence-corrected chi connectivity index (χ3v) is 4.44. The molecule has 0 radical (unpaired) electrons. The van der Waals surface area contributed by atoms with Crippen LogP contribution in [0.2, 0.25) is 0 Å². The molecular formula is C17H24N4O. The maximum Gasteiger partial charge on any atom is 0.138 e. The molecular weight excluding hydrogens is 276 g/mol. The lowest BCUT2D eigenvalue weighted by molar-refractivity contribution is 0.128. The van der Waals surface area contributed by atoms with Crippen LogP contribution in [-0.2, 0) is 13.1 Å². The smallest absolute Gasteiger partial charge is 0.138 e. The molecule has 3 heterocycles. The molecule has 22 heavy (non-hydrogen) atoms. The molecule has 1 fully saturated rings. The number of imidazole rings is 1. The fraction of sp³-hybridized carbons (Fsp3) is 0.529. The van der Waals surface area contributed by atoms with E-state index in [4.69, 9.17) is 0 Å². The summed E-state index contributed by atoms with van der Waals surface area (Å²) in [7, 11) is 0. The van der Waals surface area contributed by atoms with Crippen LogP contribution < -0.4 is 0 Å². The highest BCUT2D eigenvalue weighted by Crippen LogP contribution is 2.32. The fourth-order valence-corrected chi connectivity index (χ4v) is 3.27. The number of rotatable bonds is 4. The maximum atomic E-state index is 10.1. The van der Waals surface area contributed by atoms with Crippen LogP contribution in [-0.4, -0.2) is 31.1 Å². The zero-order valence-electron chi connectivity index (χ0n) is 13.4. The summed E-state index contributed by atoms with van der Waals surface area (Å²) in [5, 5.41) is 10.1. The van der Waals surface area contributed by atoms with Crippen LogP contribution in [0.15, 0.2) is 24.5 Å². The Morgan fingerprint density at radius 3 is 3.00 bits per heavy atom. The normalized spacial score (nSPS) is 19.5. The van der Waals surface area contributed by atoms with Gasteiger partial charge in [-0.05, 0) is 45.4 Å². The van der Waals surface area contributed by atoms with Crippen molar-refractivity contribution in [2.45, 2.75) is 52.2 Å². The second-order valence-electron chi connectivity index (χ2n) is 5.97. The summed E-state index contributed by atoms with van der Waals surface area (Å²) >= 11 is 0. The van der Waals surface area contributed by atoms with E-state index in [1.165, 1.54) is 12.8 Å². The Balaban J connectivity index is 1.85. The van der Waals surface area contributed by atoms with E-state index in [1.54, 1.807) is 6.07 Å². The lowest BCUT2D eigenvalue weighted by Gasteiger charge is -2.35. The van der Waals surface area contributed by atoms with E-state index in [1.807, 2.05) is 25.4 Å². The number of hydrogen-bond acceptors (Lipinski definition) is 4. The van der Waals surface area contributed by atoms with Crippen molar-refractivity contribution in [3.8, 4) is 5.75 Å². The average Bonchev–Trinajstić information content (AvgIpc) is 3.00. The molecule has 1 aliphatic heterocycles. The van der Waals surface area contributed by atoms with E-state index >= 15 is 0 Å². The molecule has 0 bridgehead atoms. The number of aromatic nitrogens is 3. The number of aryl methyl sites for hydroxylation is 2. The van der Waals surface area contributed by atoms with Gasteiger partial charge in [-0.25, -0.2) is 4.98 Å². The molecule has 1 unspecified atom stereocenters. The highest BCUT2D eigenvalue weighted by Gasteiger charge is 2.28. The van der Waals surface area contributed by atoms with Crippen LogP contribution in [0.3, 0.4) is 0 Å². The van der Waals surface area contributed by atoms with Crippen molar-refractivity contribution in [1.82, 2.24) is 19.4 Å². The van der Waals surface area contributed by atoms with Crippen LogP contribution in [0.5, 0.6) is 5.75 Å². The van der Waals surface area contributed by atoms with Crippen LogP contribution in [0.25, 0.3) is 0 Å². The second-order valence-corrected chi connectivity index (χ2v) is 5.97. The van der Waals surface area contributed by atoms with Gasteiger partial charge < -0.3 is 9.67 Å². The zero-order chi connectivity index (χ0) is 15.5. The van der Waals surface area contributed by atoms with Gasteiger partial charge in [0.2, 0.25) is 0 Å². The molecule has 0 amide bonds. The van der Waals surface area contributed by atoms with Crippen molar-refractivity contribution in [2.75, 3.05) is 6.54 Å². The van der Waals surface area contributed by atoms with Gasteiger partial charge in [-0.2, -0.15) is 0 Å². The number of nitrogens with zero attached hydrogens (tertiary/aromatic N) is 4. The zero-order valence-corrected chi connectivity index (χ0v) is 13.4. The SMILES string of the molecule is CCn1ccnc1C1CCCCN1Cc1nc(C)ccc1O. The molecule has 5 nitrogen and oxygen atoms in total. The minimum atomic E-state index is 0.286. The number of pyridine rings is 1. The summed E-state index contributed by atoms with van der Waals surface area (Å²) in [5.41, 5.74) is 1.71. The lowest BCUT2D eigenvalue weighted by atomic mass is 10.0. The van der Waals surface area contributed by atoms with Gasteiger partial charge in [0.15, 0.2) is 0 Å². The third-order valence-electron chi connectivity index (χ3n) is 4.44. The molecule has 1 aliphatic rings. The van der Waals surface area contributed by atoms with E-state index in [9.17, 15) is 5.11 Å². The van der Waals surface area contributed by atoms with Gasteiger partial charge in [-0.1, -0.05) is 6.42 Å². The summed E-state index contributed by atoms with van der Waals surface area (Å²) in [5.74, 6) is 1.42. The molecule has 0 spiro atoms. The summed E-state index contributed by atoms with van der Waals surface area (Å²) < 4.78 is 2.21. The van der Waals surface area contributed by atoms with Gasteiger partial charge in [0.25, 0.3) is 0 Å². The molecule has 0 aromatic carbocycles. The molecule has 1 N–H and O–H groups in total. The Bertz CT molecular complexity index is 637. The second kappa shape index (κ2) is 6.48. The first kappa shape index (κ1) is 15.0. The van der Waals surface area contributed by atoms with E-state index in [2.05, 4.69) is 26.4 Å². The Kier molecular flexibility index (Phi) is 4.43. The van der Waals surface area contributed by atoms with Crippen molar-refractivity contribution in [3.05, 3.63) is 41.7 Å². The Morgan fingerprint density at radius 2 is 2.18 bits per heavy atom. The number of aromatic hydroxyl groups is 1. The molecule has 0 aliphatic carbocycles. The van der Waals surface area contributed by atoms with Gasteiger partial charge >= 0.3 is 0 Å². The Hall–Kier alpha value is -1.88. The minimum absolute atomic E-state index is 0.286. The molecule has 1 atom stereocenters. The predicted octanol–water partition coefficient (Wildman–Crippen LogP) is 3.04. The molecule has 2 aromatic heterocycles. The van der Waals surface area contributed by atoms with Crippen LogP contribution >= 0.6 is 0 Å². The van der Waals surface area contributed by atoms with Gasteiger partial charge in [0.1, 0.15) is 11.6 Å². The van der Waals surface area contributed by atoms with Crippen LogP contribution in [0.4, 0.5) is 0 Å². The monoisotopic (exact) mass is 300 g/mol. The molecule has 1 saturated heterocycles. The summed E-state index contributed by atoms with van der Waals surface area (Å²) in [6.45, 7) is 6.74. The fourth-order valence-electron chi connectivity index (χ4n) is 3.27. The predicted molar refractivity (Wildman–Crippen MR) is 85.5 cm³/mol. The number of piperidine rings is 1. The minimum Gasteiger partial charge on any atom is -0.506 e.